The van der Waals surface area contributed by atoms with E-state index < -0.39 is 5.60 Å². The van der Waals surface area contributed by atoms with Crippen LogP contribution in [-0.4, -0.2) is 38.8 Å². The van der Waals surface area contributed by atoms with Gasteiger partial charge in [-0.2, -0.15) is 0 Å². The predicted molar refractivity (Wildman–Crippen MR) is 86.7 cm³/mol. The fourth-order valence-corrected chi connectivity index (χ4v) is 3.40. The van der Waals surface area contributed by atoms with Crippen molar-refractivity contribution in [1.82, 2.24) is 14.5 Å². The Balaban J connectivity index is 1.84. The number of likely N-dealkylation sites (N-methyl/N-ethyl adjacent to an activating group) is 1. The van der Waals surface area contributed by atoms with Crippen molar-refractivity contribution in [2.24, 2.45) is 7.05 Å². The van der Waals surface area contributed by atoms with Crippen LogP contribution < -0.4 is 5.56 Å². The molecule has 3 rings (SSSR count). The third-order valence-corrected chi connectivity index (χ3v) is 4.59. The molecule has 22 heavy (non-hydrogen) atoms. The highest BCUT2D eigenvalue weighted by Gasteiger charge is 2.32. The Hall–Kier alpha value is -1.72. The second-order valence-corrected chi connectivity index (χ2v) is 6.51. The monoisotopic (exact) mass is 301 g/mol. The van der Waals surface area contributed by atoms with Crippen molar-refractivity contribution >= 4 is 10.9 Å². The lowest BCUT2D eigenvalue weighted by Gasteiger charge is -2.28. The summed E-state index contributed by atoms with van der Waals surface area (Å²) in [5.74, 6) is 0.729. The Morgan fingerprint density at radius 1 is 1.32 bits per heavy atom. The number of para-hydroxylation sites is 1. The van der Waals surface area contributed by atoms with Gasteiger partial charge in [0.15, 0.2) is 0 Å². The largest absolute Gasteiger partial charge is 0.389 e. The van der Waals surface area contributed by atoms with Gasteiger partial charge >= 0.3 is 0 Å². The molecule has 0 radical (unpaired) electrons. The van der Waals surface area contributed by atoms with Crippen molar-refractivity contribution in [2.75, 3.05) is 13.6 Å². The highest BCUT2D eigenvalue weighted by atomic mass is 16.3. The summed E-state index contributed by atoms with van der Waals surface area (Å²) in [6, 6.07) is 7.42. The van der Waals surface area contributed by atoms with Crippen molar-refractivity contribution in [1.29, 1.82) is 0 Å². The van der Waals surface area contributed by atoms with E-state index in [9.17, 15) is 9.90 Å². The highest BCUT2D eigenvalue weighted by Crippen LogP contribution is 2.30. The summed E-state index contributed by atoms with van der Waals surface area (Å²) < 4.78 is 1.61. The number of rotatable bonds is 4. The van der Waals surface area contributed by atoms with Gasteiger partial charge in [-0.1, -0.05) is 25.0 Å². The smallest absolute Gasteiger partial charge is 0.261 e. The molecule has 1 aliphatic rings. The molecule has 0 atom stereocenters. The fraction of sp³-hybridized carbons (Fsp3) is 0.529. The first kappa shape index (κ1) is 15.2. The number of aliphatic hydroxyl groups is 1. The van der Waals surface area contributed by atoms with Crippen molar-refractivity contribution in [3.8, 4) is 0 Å². The first-order chi connectivity index (χ1) is 10.5. The molecule has 0 saturated heterocycles. The molecule has 0 unspecified atom stereocenters. The topological polar surface area (TPSA) is 58.4 Å². The molecule has 1 heterocycles. The van der Waals surface area contributed by atoms with E-state index in [1.165, 1.54) is 0 Å². The van der Waals surface area contributed by atoms with Gasteiger partial charge in [0.2, 0.25) is 0 Å². The van der Waals surface area contributed by atoms with Crippen LogP contribution in [0, 0.1) is 0 Å². The molecular formula is C17H23N3O2. The summed E-state index contributed by atoms with van der Waals surface area (Å²) in [5.41, 5.74) is 0.131. The van der Waals surface area contributed by atoms with Crippen LogP contribution in [0.5, 0.6) is 0 Å². The number of hydrogen-bond acceptors (Lipinski definition) is 4. The van der Waals surface area contributed by atoms with Gasteiger partial charge in [-0.15, -0.1) is 0 Å². The van der Waals surface area contributed by atoms with Crippen molar-refractivity contribution < 1.29 is 5.11 Å². The molecule has 1 fully saturated rings. The quantitative estimate of drug-likeness (QED) is 0.933. The van der Waals surface area contributed by atoms with E-state index in [0.29, 0.717) is 18.5 Å². The van der Waals surface area contributed by atoms with Gasteiger partial charge in [0.25, 0.3) is 5.56 Å². The second-order valence-electron chi connectivity index (χ2n) is 6.51. The Bertz CT molecular complexity index is 732. The van der Waals surface area contributed by atoms with Gasteiger partial charge in [-0.05, 0) is 32.0 Å². The first-order valence-electron chi connectivity index (χ1n) is 7.84. The van der Waals surface area contributed by atoms with Gasteiger partial charge in [0.1, 0.15) is 5.82 Å². The summed E-state index contributed by atoms with van der Waals surface area (Å²) >= 11 is 0. The van der Waals surface area contributed by atoms with Crippen LogP contribution in [0.15, 0.2) is 29.1 Å². The minimum absolute atomic E-state index is 0.0198. The molecule has 5 heteroatoms. The van der Waals surface area contributed by atoms with Crippen LogP contribution in [0.25, 0.3) is 10.9 Å². The van der Waals surface area contributed by atoms with Gasteiger partial charge in [0.05, 0.1) is 23.0 Å². The van der Waals surface area contributed by atoms with Crippen LogP contribution in [0.1, 0.15) is 31.5 Å². The summed E-state index contributed by atoms with van der Waals surface area (Å²) in [5, 5.41) is 11.1. The maximum atomic E-state index is 12.4. The molecule has 1 aromatic carbocycles. The minimum Gasteiger partial charge on any atom is -0.389 e. The zero-order valence-electron chi connectivity index (χ0n) is 13.2. The molecule has 0 bridgehead atoms. The molecule has 0 amide bonds. The van der Waals surface area contributed by atoms with Gasteiger partial charge in [-0.3, -0.25) is 14.3 Å². The molecule has 2 aromatic rings. The number of nitrogens with zero attached hydrogens (tertiary/aromatic N) is 3. The van der Waals surface area contributed by atoms with E-state index in [-0.39, 0.29) is 5.56 Å². The Morgan fingerprint density at radius 2 is 2.00 bits per heavy atom. The van der Waals surface area contributed by atoms with E-state index in [2.05, 4.69) is 9.88 Å². The van der Waals surface area contributed by atoms with Crippen LogP contribution in [-0.2, 0) is 13.6 Å². The lowest BCUT2D eigenvalue weighted by Crippen LogP contribution is -2.39. The molecule has 1 aromatic heterocycles. The van der Waals surface area contributed by atoms with E-state index in [0.717, 1.165) is 37.0 Å². The van der Waals surface area contributed by atoms with E-state index in [4.69, 9.17) is 0 Å². The van der Waals surface area contributed by atoms with Crippen LogP contribution >= 0.6 is 0 Å². The lowest BCUT2D eigenvalue weighted by atomic mass is 10.0. The molecule has 1 aliphatic carbocycles. The zero-order valence-corrected chi connectivity index (χ0v) is 13.2. The summed E-state index contributed by atoms with van der Waals surface area (Å²) in [7, 11) is 3.73. The minimum atomic E-state index is -0.579. The first-order valence-corrected chi connectivity index (χ1v) is 7.84. The van der Waals surface area contributed by atoms with Gasteiger partial charge in [0, 0.05) is 13.6 Å². The van der Waals surface area contributed by atoms with Crippen molar-refractivity contribution in [3.63, 3.8) is 0 Å². The standard InChI is InChI=1S/C17H23N3O2/c1-19(12-17(22)9-5-6-10-17)11-15-18-14-8-4-3-7-13(14)16(21)20(15)2/h3-4,7-8,22H,5-6,9-12H2,1-2H3. The fourth-order valence-electron chi connectivity index (χ4n) is 3.40. The van der Waals surface area contributed by atoms with Crippen LogP contribution in [0.3, 0.4) is 0 Å². The van der Waals surface area contributed by atoms with E-state index in [1.54, 1.807) is 17.7 Å². The molecule has 1 saturated carbocycles. The maximum absolute atomic E-state index is 12.4. The van der Waals surface area contributed by atoms with Crippen LogP contribution in [0.4, 0.5) is 0 Å². The Labute approximate surface area is 130 Å². The number of benzene rings is 1. The zero-order chi connectivity index (χ0) is 15.7. The Morgan fingerprint density at radius 3 is 2.73 bits per heavy atom. The second kappa shape index (κ2) is 5.82. The predicted octanol–water partition coefficient (Wildman–Crippen LogP) is 1.67. The average Bonchev–Trinajstić information content (AvgIpc) is 2.90. The third kappa shape index (κ3) is 2.91. The molecular weight excluding hydrogens is 278 g/mol. The van der Waals surface area contributed by atoms with E-state index in [1.807, 2.05) is 25.2 Å². The summed E-state index contributed by atoms with van der Waals surface area (Å²) in [6.07, 6.45) is 3.91. The summed E-state index contributed by atoms with van der Waals surface area (Å²) in [6.45, 7) is 1.18. The lowest BCUT2D eigenvalue weighted by molar-refractivity contribution is 0.0137. The highest BCUT2D eigenvalue weighted by molar-refractivity contribution is 5.77. The normalized spacial score (nSPS) is 17.5. The number of aromatic nitrogens is 2. The maximum Gasteiger partial charge on any atom is 0.261 e. The molecule has 0 aliphatic heterocycles. The Kier molecular flexibility index (Phi) is 4.02. The molecule has 1 N–H and O–H groups in total. The molecule has 5 nitrogen and oxygen atoms in total. The average molecular weight is 301 g/mol. The summed E-state index contributed by atoms with van der Waals surface area (Å²) in [4.78, 5) is 19.1. The SMILES string of the molecule is CN(Cc1nc2ccccc2c(=O)n1C)CC1(O)CCCC1. The number of fused-ring (bicyclic) bond motifs is 1. The van der Waals surface area contributed by atoms with Gasteiger partial charge < -0.3 is 5.11 Å². The molecule has 0 spiro atoms. The third-order valence-electron chi connectivity index (χ3n) is 4.59. The van der Waals surface area contributed by atoms with E-state index >= 15 is 0 Å². The van der Waals surface area contributed by atoms with Crippen LogP contribution in [0.2, 0.25) is 0 Å². The van der Waals surface area contributed by atoms with Crippen molar-refractivity contribution in [2.45, 2.75) is 37.8 Å². The number of hydrogen-bond donors (Lipinski definition) is 1. The molecule has 118 valence electrons. The van der Waals surface area contributed by atoms with Gasteiger partial charge in [-0.25, -0.2) is 4.98 Å². The van der Waals surface area contributed by atoms with Crippen molar-refractivity contribution in [3.05, 3.63) is 40.4 Å².